The molecule has 2 aliphatic rings. The summed E-state index contributed by atoms with van der Waals surface area (Å²) in [4.78, 5) is 28.7. The van der Waals surface area contributed by atoms with Crippen LogP contribution in [-0.4, -0.2) is 46.7 Å². The fraction of sp³-hybridized carbons (Fsp3) is 0.429. The van der Waals surface area contributed by atoms with Crippen molar-refractivity contribution >= 4 is 29.4 Å². The van der Waals surface area contributed by atoms with Gasteiger partial charge in [-0.2, -0.15) is 11.8 Å². The molecule has 0 radical (unpaired) electrons. The fourth-order valence-electron chi connectivity index (χ4n) is 4.35. The molecule has 4 nitrogen and oxygen atoms in total. The van der Waals surface area contributed by atoms with Gasteiger partial charge >= 0.3 is 0 Å². The first-order valence-corrected chi connectivity index (χ1v) is 11.9. The Hall–Kier alpha value is -1.66. The average molecular weight is 401 g/mol. The van der Waals surface area contributed by atoms with Gasteiger partial charge in [-0.3, -0.25) is 9.59 Å². The number of carbonyl (C=O) groups is 1. The van der Waals surface area contributed by atoms with Crippen LogP contribution in [0.4, 0.5) is 0 Å². The zero-order valence-electron chi connectivity index (χ0n) is 15.7. The Kier molecular flexibility index (Phi) is 5.37. The van der Waals surface area contributed by atoms with Crippen LogP contribution in [0.5, 0.6) is 0 Å². The summed E-state index contributed by atoms with van der Waals surface area (Å²) in [5, 5.41) is 0. The SMILES string of the molecule is CSCC(=O)N1C[C@H]2C[C@H](C1)c1ccc(-c3ccc(SC)cc3)c(=O)n1C2. The fourth-order valence-corrected chi connectivity index (χ4v) is 5.19. The topological polar surface area (TPSA) is 42.3 Å². The van der Waals surface area contributed by atoms with Gasteiger partial charge in [-0.05, 0) is 54.7 Å². The second kappa shape index (κ2) is 7.76. The molecule has 0 unspecified atom stereocenters. The van der Waals surface area contributed by atoms with Gasteiger partial charge in [-0.25, -0.2) is 0 Å². The lowest BCUT2D eigenvalue weighted by Crippen LogP contribution is -2.49. The first-order valence-electron chi connectivity index (χ1n) is 9.25. The molecule has 0 N–H and O–H groups in total. The molecule has 2 aromatic rings. The van der Waals surface area contributed by atoms with Crippen LogP contribution in [0.2, 0.25) is 0 Å². The molecular weight excluding hydrogens is 376 g/mol. The molecule has 1 saturated heterocycles. The number of piperidine rings is 1. The number of pyridine rings is 1. The van der Waals surface area contributed by atoms with Gasteiger partial charge in [0.15, 0.2) is 0 Å². The van der Waals surface area contributed by atoms with E-state index in [2.05, 4.69) is 24.5 Å². The van der Waals surface area contributed by atoms with Gasteiger partial charge in [0.2, 0.25) is 5.91 Å². The molecule has 2 atom stereocenters. The predicted molar refractivity (Wildman–Crippen MR) is 114 cm³/mol. The number of nitrogens with zero attached hydrogens (tertiary/aromatic N) is 2. The average Bonchev–Trinajstić information content (AvgIpc) is 2.69. The van der Waals surface area contributed by atoms with E-state index in [-0.39, 0.29) is 17.4 Å². The van der Waals surface area contributed by atoms with E-state index in [0.717, 1.165) is 36.3 Å². The highest BCUT2D eigenvalue weighted by molar-refractivity contribution is 7.99. The summed E-state index contributed by atoms with van der Waals surface area (Å²) in [5.74, 6) is 1.40. The molecule has 2 aliphatic heterocycles. The van der Waals surface area contributed by atoms with E-state index < -0.39 is 0 Å². The number of likely N-dealkylation sites (tertiary alicyclic amines) is 1. The van der Waals surface area contributed by atoms with Gasteiger partial charge in [0, 0.05) is 41.7 Å². The molecular formula is C21H24N2O2S2. The summed E-state index contributed by atoms with van der Waals surface area (Å²) in [7, 11) is 0. The summed E-state index contributed by atoms with van der Waals surface area (Å²) in [5.41, 5.74) is 2.92. The first kappa shape index (κ1) is 18.7. The van der Waals surface area contributed by atoms with Crippen molar-refractivity contribution in [1.29, 1.82) is 0 Å². The third kappa shape index (κ3) is 3.57. The summed E-state index contributed by atoms with van der Waals surface area (Å²) < 4.78 is 1.97. The number of thioether (sulfide) groups is 2. The largest absolute Gasteiger partial charge is 0.341 e. The van der Waals surface area contributed by atoms with Gasteiger partial charge in [-0.1, -0.05) is 12.1 Å². The van der Waals surface area contributed by atoms with Gasteiger partial charge in [-0.15, -0.1) is 11.8 Å². The first-order chi connectivity index (χ1) is 13.1. The van der Waals surface area contributed by atoms with E-state index in [1.54, 1.807) is 23.5 Å². The number of hydrogen-bond acceptors (Lipinski definition) is 4. The van der Waals surface area contributed by atoms with Gasteiger partial charge in [0.05, 0.1) is 5.75 Å². The molecule has 2 bridgehead atoms. The minimum atomic E-state index is 0.1000. The highest BCUT2D eigenvalue weighted by Gasteiger charge is 2.36. The van der Waals surface area contributed by atoms with E-state index >= 15 is 0 Å². The number of fused-ring (bicyclic) bond motifs is 4. The van der Waals surface area contributed by atoms with Crippen molar-refractivity contribution in [2.45, 2.75) is 23.8 Å². The van der Waals surface area contributed by atoms with Crippen LogP contribution in [0.1, 0.15) is 18.0 Å². The van der Waals surface area contributed by atoms with Crippen LogP contribution in [-0.2, 0) is 11.3 Å². The lowest BCUT2D eigenvalue weighted by atomic mass is 9.82. The quantitative estimate of drug-likeness (QED) is 0.736. The van der Waals surface area contributed by atoms with E-state index in [1.165, 1.54) is 4.90 Å². The number of hydrogen-bond donors (Lipinski definition) is 0. The number of rotatable bonds is 4. The molecule has 3 heterocycles. The van der Waals surface area contributed by atoms with E-state index in [4.69, 9.17) is 0 Å². The molecule has 6 heteroatoms. The highest BCUT2D eigenvalue weighted by Crippen LogP contribution is 2.36. The molecule has 0 aliphatic carbocycles. The minimum absolute atomic E-state index is 0.1000. The number of carbonyl (C=O) groups excluding carboxylic acids is 1. The van der Waals surface area contributed by atoms with Crippen LogP contribution in [0.3, 0.4) is 0 Å². The third-order valence-electron chi connectivity index (χ3n) is 5.63. The monoisotopic (exact) mass is 400 g/mol. The van der Waals surface area contributed by atoms with Crippen LogP contribution in [0, 0.1) is 5.92 Å². The lowest BCUT2D eigenvalue weighted by Gasteiger charge is -2.43. The maximum Gasteiger partial charge on any atom is 0.258 e. The summed E-state index contributed by atoms with van der Waals surface area (Å²) >= 11 is 3.27. The van der Waals surface area contributed by atoms with Crippen molar-refractivity contribution < 1.29 is 4.79 Å². The molecule has 27 heavy (non-hydrogen) atoms. The maximum absolute atomic E-state index is 13.2. The van der Waals surface area contributed by atoms with Crippen molar-refractivity contribution in [3.8, 4) is 11.1 Å². The molecule has 1 aromatic heterocycles. The van der Waals surface area contributed by atoms with E-state index in [0.29, 0.717) is 18.2 Å². The Bertz CT molecular complexity index is 907. The molecule has 1 amide bonds. The molecule has 142 valence electrons. The Labute approximate surface area is 168 Å². The Morgan fingerprint density at radius 3 is 2.56 bits per heavy atom. The second-order valence-corrected chi connectivity index (χ2v) is 9.09. The minimum Gasteiger partial charge on any atom is -0.341 e. The smallest absolute Gasteiger partial charge is 0.258 e. The van der Waals surface area contributed by atoms with Crippen LogP contribution in [0.25, 0.3) is 11.1 Å². The van der Waals surface area contributed by atoms with Gasteiger partial charge < -0.3 is 9.47 Å². The molecule has 1 aromatic carbocycles. The molecule has 0 spiro atoms. The summed E-state index contributed by atoms with van der Waals surface area (Å²) in [6.45, 7) is 2.22. The number of amides is 1. The summed E-state index contributed by atoms with van der Waals surface area (Å²) in [6, 6.07) is 12.2. The predicted octanol–water partition coefficient (Wildman–Crippen LogP) is 3.55. The zero-order chi connectivity index (χ0) is 19.0. The number of aromatic nitrogens is 1. The maximum atomic E-state index is 13.2. The van der Waals surface area contributed by atoms with Crippen molar-refractivity contribution in [2.75, 3.05) is 31.4 Å². The molecule has 1 fully saturated rings. The van der Waals surface area contributed by atoms with E-state index in [1.807, 2.05) is 33.9 Å². The molecule has 4 rings (SSSR count). The normalized spacial score (nSPS) is 21.0. The Morgan fingerprint density at radius 2 is 1.85 bits per heavy atom. The Balaban J connectivity index is 1.65. The van der Waals surface area contributed by atoms with Crippen LogP contribution in [0.15, 0.2) is 46.1 Å². The zero-order valence-corrected chi connectivity index (χ0v) is 17.3. The Morgan fingerprint density at radius 1 is 1.07 bits per heavy atom. The van der Waals surface area contributed by atoms with Gasteiger partial charge in [0.1, 0.15) is 0 Å². The van der Waals surface area contributed by atoms with Crippen molar-refractivity contribution in [2.24, 2.45) is 5.92 Å². The number of benzene rings is 1. The van der Waals surface area contributed by atoms with Crippen molar-refractivity contribution in [1.82, 2.24) is 9.47 Å². The van der Waals surface area contributed by atoms with Crippen molar-refractivity contribution in [3.63, 3.8) is 0 Å². The third-order valence-corrected chi connectivity index (χ3v) is 6.90. The second-order valence-electron chi connectivity index (χ2n) is 7.35. The van der Waals surface area contributed by atoms with Crippen LogP contribution < -0.4 is 5.56 Å². The summed E-state index contributed by atoms with van der Waals surface area (Å²) in [6.07, 6.45) is 5.09. The standard InChI is InChI=1S/C21H24N2O2S2/c1-26-13-20(24)22-10-14-9-16(12-22)19-8-7-18(21(25)23(19)11-14)15-3-5-17(27-2)6-4-15/h3-8,14,16H,9-13H2,1-2H3/t14-,16-/m1/s1. The van der Waals surface area contributed by atoms with Crippen LogP contribution >= 0.6 is 23.5 Å². The molecule has 0 saturated carbocycles. The van der Waals surface area contributed by atoms with Crippen molar-refractivity contribution in [3.05, 3.63) is 52.4 Å². The van der Waals surface area contributed by atoms with E-state index in [9.17, 15) is 9.59 Å². The lowest BCUT2D eigenvalue weighted by molar-refractivity contribution is -0.131. The van der Waals surface area contributed by atoms with Gasteiger partial charge in [0.25, 0.3) is 5.56 Å². The highest BCUT2D eigenvalue weighted by atomic mass is 32.2.